The second-order valence-corrected chi connectivity index (χ2v) is 6.48. The molecule has 2 aromatic carbocycles. The van der Waals surface area contributed by atoms with Crippen molar-refractivity contribution in [2.45, 2.75) is 25.7 Å². The number of allylic oxidation sites excluding steroid dienone is 1. The highest BCUT2D eigenvalue weighted by Crippen LogP contribution is 2.44. The molecule has 4 heteroatoms. The van der Waals surface area contributed by atoms with Crippen LogP contribution in [0.5, 0.6) is 5.75 Å². The molecule has 1 N–H and O–H groups in total. The number of benzene rings is 2. The molecule has 0 spiro atoms. The largest absolute Gasteiger partial charge is 0.466 e. The monoisotopic (exact) mass is 335 g/mol. The van der Waals surface area contributed by atoms with Crippen molar-refractivity contribution in [3.63, 3.8) is 0 Å². The Morgan fingerprint density at radius 2 is 2.08 bits per heavy atom. The van der Waals surface area contributed by atoms with E-state index in [0.717, 1.165) is 36.3 Å². The molecular weight excluding hydrogens is 314 g/mol. The number of ether oxygens (including phenoxy) is 2. The van der Waals surface area contributed by atoms with Crippen LogP contribution in [0.2, 0.25) is 0 Å². The maximum absolute atomic E-state index is 12.5. The number of carbonyl (C=O) groups is 1. The van der Waals surface area contributed by atoms with Crippen LogP contribution in [0.3, 0.4) is 0 Å². The van der Waals surface area contributed by atoms with E-state index >= 15 is 0 Å². The predicted molar refractivity (Wildman–Crippen MR) is 96.9 cm³/mol. The zero-order chi connectivity index (χ0) is 17.4. The van der Waals surface area contributed by atoms with Crippen LogP contribution in [-0.4, -0.2) is 19.6 Å². The fraction of sp³-hybridized carbons (Fsp3) is 0.286. The maximum atomic E-state index is 12.5. The summed E-state index contributed by atoms with van der Waals surface area (Å²) < 4.78 is 10.9. The van der Waals surface area contributed by atoms with Gasteiger partial charge in [0.1, 0.15) is 11.5 Å². The summed E-state index contributed by atoms with van der Waals surface area (Å²) in [5.41, 5.74) is 5.16. The minimum absolute atomic E-state index is 0.176. The van der Waals surface area contributed by atoms with Gasteiger partial charge in [-0.1, -0.05) is 30.3 Å². The van der Waals surface area contributed by atoms with E-state index in [9.17, 15) is 4.79 Å². The first-order chi connectivity index (χ1) is 12.2. The second-order valence-electron chi connectivity index (χ2n) is 6.48. The summed E-state index contributed by atoms with van der Waals surface area (Å²) in [5.74, 6) is 0.886. The van der Waals surface area contributed by atoms with Gasteiger partial charge in [0.15, 0.2) is 0 Å². The minimum atomic E-state index is -0.340. The Hall–Kier alpha value is -2.75. The van der Waals surface area contributed by atoms with Crippen molar-refractivity contribution in [2.24, 2.45) is 0 Å². The van der Waals surface area contributed by atoms with Crippen molar-refractivity contribution in [2.75, 3.05) is 19.0 Å². The summed E-state index contributed by atoms with van der Waals surface area (Å²) in [6.45, 7) is 2.84. The van der Waals surface area contributed by atoms with E-state index in [0.29, 0.717) is 11.3 Å². The molecule has 25 heavy (non-hydrogen) atoms. The summed E-state index contributed by atoms with van der Waals surface area (Å²) >= 11 is 0. The number of nitrogens with one attached hydrogen (secondary N) is 1. The third-order valence-corrected chi connectivity index (χ3v) is 4.97. The standard InChI is InChI=1S/C21H21NO3/c1-13-19(21(23)24-2)20(16-7-3-4-8-18(16)25-13)15-9-10-17-14(12-15)6-5-11-22-17/h3-4,7-10,12,20,22H,5-6,11H2,1-2H3. The van der Waals surface area contributed by atoms with Crippen molar-refractivity contribution in [1.82, 2.24) is 0 Å². The number of fused-ring (bicyclic) bond motifs is 2. The van der Waals surface area contributed by atoms with Crippen LogP contribution in [0, 0.1) is 0 Å². The van der Waals surface area contributed by atoms with E-state index in [2.05, 4.69) is 23.5 Å². The molecule has 0 saturated heterocycles. The molecule has 4 rings (SSSR count). The molecule has 0 aromatic heterocycles. The molecule has 2 aromatic rings. The normalized spacial score (nSPS) is 18.6. The molecule has 1 atom stereocenters. The highest BCUT2D eigenvalue weighted by molar-refractivity contribution is 5.92. The van der Waals surface area contributed by atoms with Crippen LogP contribution < -0.4 is 10.1 Å². The van der Waals surface area contributed by atoms with Gasteiger partial charge in [0.25, 0.3) is 0 Å². The lowest BCUT2D eigenvalue weighted by Crippen LogP contribution is -2.23. The molecule has 2 aliphatic rings. The number of aryl methyl sites for hydroxylation is 1. The average Bonchev–Trinajstić information content (AvgIpc) is 2.66. The van der Waals surface area contributed by atoms with Gasteiger partial charge < -0.3 is 14.8 Å². The van der Waals surface area contributed by atoms with Gasteiger partial charge in [-0.25, -0.2) is 4.79 Å². The van der Waals surface area contributed by atoms with Crippen LogP contribution in [0.25, 0.3) is 0 Å². The van der Waals surface area contributed by atoms with Gasteiger partial charge in [0, 0.05) is 23.7 Å². The Labute approximate surface area is 147 Å². The van der Waals surface area contributed by atoms with Crippen molar-refractivity contribution < 1.29 is 14.3 Å². The predicted octanol–water partition coefficient (Wildman–Crippen LogP) is 4.02. The number of hydrogen-bond acceptors (Lipinski definition) is 4. The quantitative estimate of drug-likeness (QED) is 0.842. The molecule has 0 aliphatic carbocycles. The molecule has 0 radical (unpaired) electrons. The average molecular weight is 335 g/mol. The van der Waals surface area contributed by atoms with Crippen LogP contribution in [-0.2, 0) is 16.0 Å². The van der Waals surface area contributed by atoms with E-state index in [-0.39, 0.29) is 11.9 Å². The summed E-state index contributed by atoms with van der Waals surface area (Å²) in [6.07, 6.45) is 2.18. The number of para-hydroxylation sites is 1. The SMILES string of the molecule is COC(=O)C1=C(C)Oc2ccccc2C1c1ccc2c(c1)CCCN2. The Bertz CT molecular complexity index is 869. The van der Waals surface area contributed by atoms with Gasteiger partial charge in [-0.05, 0) is 43.0 Å². The fourth-order valence-corrected chi connectivity index (χ4v) is 3.78. The smallest absolute Gasteiger partial charge is 0.338 e. The molecule has 0 amide bonds. The molecule has 1 unspecified atom stereocenters. The number of hydrogen-bond donors (Lipinski definition) is 1. The van der Waals surface area contributed by atoms with Gasteiger partial charge in [-0.3, -0.25) is 0 Å². The number of rotatable bonds is 2. The topological polar surface area (TPSA) is 47.6 Å². The van der Waals surface area contributed by atoms with Crippen molar-refractivity contribution in [3.8, 4) is 5.75 Å². The Morgan fingerprint density at radius 1 is 1.24 bits per heavy atom. The molecule has 0 saturated carbocycles. The van der Waals surface area contributed by atoms with E-state index in [1.165, 1.54) is 18.4 Å². The minimum Gasteiger partial charge on any atom is -0.466 e. The molecule has 2 aliphatic heterocycles. The van der Waals surface area contributed by atoms with E-state index in [1.807, 2.05) is 31.2 Å². The van der Waals surface area contributed by atoms with E-state index in [4.69, 9.17) is 9.47 Å². The summed E-state index contributed by atoms with van der Waals surface area (Å²) in [6, 6.07) is 14.3. The van der Waals surface area contributed by atoms with E-state index < -0.39 is 0 Å². The van der Waals surface area contributed by atoms with Gasteiger partial charge >= 0.3 is 5.97 Å². The lowest BCUT2D eigenvalue weighted by atomic mass is 9.81. The summed E-state index contributed by atoms with van der Waals surface area (Å²) in [5, 5.41) is 3.44. The van der Waals surface area contributed by atoms with Crippen LogP contribution >= 0.6 is 0 Å². The highest BCUT2D eigenvalue weighted by atomic mass is 16.5. The van der Waals surface area contributed by atoms with E-state index in [1.54, 1.807) is 0 Å². The molecule has 0 bridgehead atoms. The number of esters is 1. The highest BCUT2D eigenvalue weighted by Gasteiger charge is 2.34. The molecule has 0 fully saturated rings. The van der Waals surface area contributed by atoms with Crippen LogP contribution in [0.1, 0.15) is 36.0 Å². The van der Waals surface area contributed by atoms with Crippen molar-refractivity contribution in [1.29, 1.82) is 0 Å². The van der Waals surface area contributed by atoms with Gasteiger partial charge in [-0.2, -0.15) is 0 Å². The fourth-order valence-electron chi connectivity index (χ4n) is 3.78. The zero-order valence-corrected chi connectivity index (χ0v) is 14.5. The van der Waals surface area contributed by atoms with Gasteiger partial charge in [0.05, 0.1) is 12.7 Å². The number of carbonyl (C=O) groups excluding carboxylic acids is 1. The molecule has 128 valence electrons. The third-order valence-electron chi connectivity index (χ3n) is 4.97. The van der Waals surface area contributed by atoms with Crippen LogP contribution in [0.15, 0.2) is 53.8 Å². The lowest BCUT2D eigenvalue weighted by molar-refractivity contribution is -0.136. The molecular formula is C21H21NO3. The Kier molecular flexibility index (Phi) is 3.96. The summed E-state index contributed by atoms with van der Waals surface area (Å²) in [7, 11) is 1.41. The first-order valence-electron chi connectivity index (χ1n) is 8.61. The number of anilines is 1. The molecule has 2 heterocycles. The van der Waals surface area contributed by atoms with Crippen molar-refractivity contribution >= 4 is 11.7 Å². The first kappa shape index (κ1) is 15.8. The summed E-state index contributed by atoms with van der Waals surface area (Å²) in [4.78, 5) is 12.5. The Balaban J connectivity index is 1.88. The number of methoxy groups -OCH3 is 1. The van der Waals surface area contributed by atoms with Crippen LogP contribution in [0.4, 0.5) is 5.69 Å². The lowest BCUT2D eigenvalue weighted by Gasteiger charge is -2.29. The Morgan fingerprint density at radius 3 is 2.92 bits per heavy atom. The first-order valence-corrected chi connectivity index (χ1v) is 8.61. The third kappa shape index (κ3) is 2.68. The molecule has 4 nitrogen and oxygen atoms in total. The van der Waals surface area contributed by atoms with Gasteiger partial charge in [0.2, 0.25) is 0 Å². The van der Waals surface area contributed by atoms with Gasteiger partial charge in [-0.15, -0.1) is 0 Å². The maximum Gasteiger partial charge on any atom is 0.338 e. The zero-order valence-electron chi connectivity index (χ0n) is 14.5. The second kappa shape index (κ2) is 6.28. The van der Waals surface area contributed by atoms with Crippen molar-refractivity contribution in [3.05, 3.63) is 70.5 Å².